The van der Waals surface area contributed by atoms with Gasteiger partial charge in [-0.3, -0.25) is 4.79 Å². The topological polar surface area (TPSA) is 50.8 Å². The number of halogens is 2. The molecule has 1 aliphatic carbocycles. The van der Waals surface area contributed by atoms with Crippen LogP contribution in [0.4, 0.5) is 4.39 Å². The zero-order valence-electron chi connectivity index (χ0n) is 21.6. The minimum atomic E-state index is -0.434. The third kappa shape index (κ3) is 8.70. The van der Waals surface area contributed by atoms with Gasteiger partial charge in [-0.1, -0.05) is 55.8 Å². The van der Waals surface area contributed by atoms with E-state index in [0.29, 0.717) is 37.7 Å². The average Bonchev–Trinajstić information content (AvgIpc) is 2.87. The zero-order valence-corrected chi connectivity index (χ0v) is 22.3. The normalized spacial score (nSPS) is 21.1. The number of benzene rings is 1. The SMILES string of the molecule is CNC[C@@H](CC(=O)N1CCC[C@@H]([C@@H](OCCCOC)c2cccc(Cl)c2F)C1)CC1CCCCC1. The number of carbonyl (C=O) groups excluding carboxylic acids is 1. The summed E-state index contributed by atoms with van der Waals surface area (Å²) in [6.07, 6.45) is 10.4. The molecule has 1 N–H and O–H groups in total. The van der Waals surface area contributed by atoms with Crippen LogP contribution in [0.5, 0.6) is 0 Å². The molecular weight excluding hydrogens is 467 g/mol. The van der Waals surface area contributed by atoms with Crippen LogP contribution < -0.4 is 5.32 Å². The van der Waals surface area contributed by atoms with Crippen LogP contribution in [-0.2, 0) is 14.3 Å². The highest BCUT2D eigenvalue weighted by Gasteiger charge is 2.33. The van der Waals surface area contributed by atoms with Gasteiger partial charge in [0.1, 0.15) is 5.82 Å². The van der Waals surface area contributed by atoms with E-state index in [1.54, 1.807) is 25.3 Å². The summed E-state index contributed by atoms with van der Waals surface area (Å²) < 4.78 is 26.4. The maximum Gasteiger partial charge on any atom is 0.222 e. The zero-order chi connectivity index (χ0) is 25.0. The lowest BCUT2D eigenvalue weighted by Crippen LogP contribution is -2.43. The van der Waals surface area contributed by atoms with Crippen molar-refractivity contribution in [2.24, 2.45) is 17.8 Å². The predicted octanol–water partition coefficient (Wildman–Crippen LogP) is 6.01. The van der Waals surface area contributed by atoms with Crippen LogP contribution in [0.2, 0.25) is 5.02 Å². The van der Waals surface area contributed by atoms with Gasteiger partial charge in [-0.25, -0.2) is 4.39 Å². The summed E-state index contributed by atoms with van der Waals surface area (Å²) in [6.45, 7) is 3.29. The smallest absolute Gasteiger partial charge is 0.222 e. The first-order valence-electron chi connectivity index (χ1n) is 13.5. The van der Waals surface area contributed by atoms with E-state index in [9.17, 15) is 9.18 Å². The van der Waals surface area contributed by atoms with Crippen molar-refractivity contribution in [2.45, 2.75) is 70.3 Å². The maximum atomic E-state index is 15.0. The summed E-state index contributed by atoms with van der Waals surface area (Å²) in [4.78, 5) is 15.4. The number of hydrogen-bond donors (Lipinski definition) is 1. The summed E-state index contributed by atoms with van der Waals surface area (Å²) in [7, 11) is 3.63. The molecule has 7 heteroatoms. The lowest BCUT2D eigenvalue weighted by Gasteiger charge is -2.38. The molecule has 0 aromatic heterocycles. The molecule has 1 amide bonds. The summed E-state index contributed by atoms with van der Waals surface area (Å²) >= 11 is 6.11. The van der Waals surface area contributed by atoms with E-state index >= 15 is 0 Å². The highest BCUT2D eigenvalue weighted by Crippen LogP contribution is 2.37. The van der Waals surface area contributed by atoms with E-state index in [2.05, 4.69) is 5.32 Å². The third-order valence-corrected chi connectivity index (χ3v) is 7.96. The van der Waals surface area contributed by atoms with Crippen LogP contribution in [0.3, 0.4) is 0 Å². The number of nitrogens with zero attached hydrogens (tertiary/aromatic N) is 1. The van der Waals surface area contributed by atoms with Crippen LogP contribution in [-0.4, -0.2) is 57.8 Å². The summed E-state index contributed by atoms with van der Waals surface area (Å²) in [6, 6.07) is 5.09. The number of amides is 1. The van der Waals surface area contributed by atoms with E-state index in [0.717, 1.165) is 44.7 Å². The van der Waals surface area contributed by atoms with Crippen molar-refractivity contribution in [1.29, 1.82) is 0 Å². The number of likely N-dealkylation sites (tertiary alicyclic amines) is 1. The van der Waals surface area contributed by atoms with Crippen molar-refractivity contribution in [3.05, 3.63) is 34.6 Å². The minimum Gasteiger partial charge on any atom is -0.385 e. The first-order chi connectivity index (χ1) is 17.0. The van der Waals surface area contributed by atoms with Crippen molar-refractivity contribution in [1.82, 2.24) is 10.2 Å². The molecule has 198 valence electrons. The molecule has 0 spiro atoms. The van der Waals surface area contributed by atoms with Gasteiger partial charge in [0.15, 0.2) is 0 Å². The molecule has 3 atom stereocenters. The molecule has 2 fully saturated rings. The standard InChI is InChI=1S/C28H44ClFN2O3/c1-31-19-22(17-21-9-4-3-5-10-21)18-26(33)32-14-7-11-23(20-32)28(35-16-8-15-34-2)24-12-6-13-25(29)27(24)30/h6,12-13,21-23,28,31H,3-5,7-11,14-20H2,1-2H3/t22-,23-,28-/m1/s1. The molecule has 1 aromatic carbocycles. The molecular formula is C28H44ClFN2O3. The summed E-state index contributed by atoms with van der Waals surface area (Å²) in [5.41, 5.74) is 0.486. The first-order valence-corrected chi connectivity index (χ1v) is 13.9. The second-order valence-electron chi connectivity index (χ2n) is 10.4. The molecule has 1 saturated heterocycles. The third-order valence-electron chi connectivity index (χ3n) is 7.66. The van der Waals surface area contributed by atoms with Crippen molar-refractivity contribution in [3.63, 3.8) is 0 Å². The Balaban J connectivity index is 1.66. The largest absolute Gasteiger partial charge is 0.385 e. The quantitative estimate of drug-likeness (QED) is 0.330. The average molecular weight is 511 g/mol. The number of carbonyl (C=O) groups is 1. The van der Waals surface area contributed by atoms with Crippen molar-refractivity contribution in [3.8, 4) is 0 Å². The Labute approximate surface area is 216 Å². The predicted molar refractivity (Wildman–Crippen MR) is 139 cm³/mol. The van der Waals surface area contributed by atoms with Crippen LogP contribution in [0.1, 0.15) is 75.9 Å². The number of piperidine rings is 1. The fourth-order valence-electron chi connectivity index (χ4n) is 5.91. The molecule has 1 aromatic rings. The van der Waals surface area contributed by atoms with Crippen LogP contribution in [0, 0.1) is 23.6 Å². The Morgan fingerprint density at radius 2 is 2.00 bits per heavy atom. The fraction of sp³-hybridized carbons (Fsp3) is 0.750. The highest BCUT2D eigenvalue weighted by molar-refractivity contribution is 6.30. The number of hydrogen-bond acceptors (Lipinski definition) is 4. The van der Waals surface area contributed by atoms with Crippen molar-refractivity contribution < 1.29 is 18.7 Å². The van der Waals surface area contributed by atoms with Gasteiger partial charge in [-0.05, 0) is 57.2 Å². The molecule has 0 bridgehead atoms. The van der Waals surface area contributed by atoms with Gasteiger partial charge in [0.05, 0.1) is 11.1 Å². The van der Waals surface area contributed by atoms with Gasteiger partial charge in [-0.2, -0.15) is 0 Å². The minimum absolute atomic E-state index is 0.0318. The Bertz CT molecular complexity index is 775. The Hall–Kier alpha value is -1.21. The number of ether oxygens (including phenoxy) is 2. The van der Waals surface area contributed by atoms with E-state index < -0.39 is 11.9 Å². The lowest BCUT2D eigenvalue weighted by molar-refractivity contribution is -0.135. The molecule has 35 heavy (non-hydrogen) atoms. The van der Waals surface area contributed by atoms with Crippen LogP contribution in [0.25, 0.3) is 0 Å². The monoisotopic (exact) mass is 510 g/mol. The summed E-state index contributed by atoms with van der Waals surface area (Å²) in [5.74, 6) is 0.942. The summed E-state index contributed by atoms with van der Waals surface area (Å²) in [5, 5.41) is 3.41. The Kier molecular flexibility index (Phi) is 12.3. The van der Waals surface area contributed by atoms with E-state index in [1.807, 2.05) is 11.9 Å². The van der Waals surface area contributed by atoms with E-state index in [4.69, 9.17) is 21.1 Å². The number of rotatable bonds is 13. The Morgan fingerprint density at radius 1 is 1.20 bits per heavy atom. The van der Waals surface area contributed by atoms with Crippen molar-refractivity contribution in [2.75, 3.05) is 47.0 Å². The van der Waals surface area contributed by atoms with Gasteiger partial charge in [-0.15, -0.1) is 0 Å². The second kappa shape index (κ2) is 15.1. The first kappa shape index (κ1) is 28.4. The fourth-order valence-corrected chi connectivity index (χ4v) is 6.10. The number of methoxy groups -OCH3 is 1. The molecule has 0 radical (unpaired) electrons. The Morgan fingerprint density at radius 3 is 2.74 bits per heavy atom. The molecule has 5 nitrogen and oxygen atoms in total. The maximum absolute atomic E-state index is 15.0. The van der Waals surface area contributed by atoms with Gasteiger partial charge in [0.2, 0.25) is 5.91 Å². The van der Waals surface area contributed by atoms with Gasteiger partial charge in [0, 0.05) is 51.3 Å². The van der Waals surface area contributed by atoms with E-state index in [1.165, 1.54) is 32.1 Å². The van der Waals surface area contributed by atoms with Crippen LogP contribution in [0.15, 0.2) is 18.2 Å². The van der Waals surface area contributed by atoms with Gasteiger partial charge in [0.25, 0.3) is 0 Å². The second-order valence-corrected chi connectivity index (χ2v) is 10.8. The number of nitrogens with one attached hydrogen (secondary N) is 1. The molecule has 2 aliphatic rings. The lowest BCUT2D eigenvalue weighted by atomic mass is 9.81. The van der Waals surface area contributed by atoms with Gasteiger partial charge < -0.3 is 19.7 Å². The van der Waals surface area contributed by atoms with Crippen LogP contribution >= 0.6 is 11.6 Å². The van der Waals surface area contributed by atoms with E-state index in [-0.39, 0.29) is 16.8 Å². The molecule has 1 heterocycles. The molecule has 0 unspecified atom stereocenters. The van der Waals surface area contributed by atoms with Gasteiger partial charge >= 0.3 is 0 Å². The highest BCUT2D eigenvalue weighted by atomic mass is 35.5. The molecule has 3 rings (SSSR count). The molecule has 1 aliphatic heterocycles. The molecule has 1 saturated carbocycles. The van der Waals surface area contributed by atoms with Crippen molar-refractivity contribution >= 4 is 17.5 Å².